The summed E-state index contributed by atoms with van der Waals surface area (Å²) in [4.78, 5) is 27.6. The largest absolute Gasteiger partial charge is 0.481 e. The average molecular weight is 385 g/mol. The van der Waals surface area contributed by atoms with Crippen molar-refractivity contribution >= 4 is 17.7 Å². The van der Waals surface area contributed by atoms with E-state index in [0.717, 1.165) is 24.9 Å². The van der Waals surface area contributed by atoms with Gasteiger partial charge < -0.3 is 19.4 Å². The Labute approximate surface area is 163 Å². The molecule has 2 aliphatic heterocycles. The summed E-state index contributed by atoms with van der Waals surface area (Å²) in [5.41, 5.74) is 0. The third-order valence-electron chi connectivity index (χ3n) is 5.16. The number of carbonyl (C=O) groups is 1. The molecular weight excluding hydrogens is 361 g/mol. The fourth-order valence-electron chi connectivity index (χ4n) is 3.56. The van der Waals surface area contributed by atoms with Crippen LogP contribution in [0.3, 0.4) is 0 Å². The van der Waals surface area contributed by atoms with Crippen LogP contribution in [0.5, 0.6) is 5.75 Å². The second-order valence-electron chi connectivity index (χ2n) is 7.00. The number of halogens is 1. The van der Waals surface area contributed by atoms with Gasteiger partial charge in [0.05, 0.1) is 0 Å². The lowest BCUT2D eigenvalue weighted by molar-refractivity contribution is -0.133. The maximum absolute atomic E-state index is 13.6. The molecule has 0 saturated carbocycles. The summed E-state index contributed by atoms with van der Waals surface area (Å²) in [5, 5.41) is 0. The van der Waals surface area contributed by atoms with Gasteiger partial charge >= 0.3 is 0 Å². The number of hydrogen-bond donors (Lipinski definition) is 0. The van der Waals surface area contributed by atoms with Crippen molar-refractivity contribution < 1.29 is 13.9 Å². The van der Waals surface area contributed by atoms with Crippen LogP contribution in [0.25, 0.3) is 0 Å². The molecule has 2 aromatic rings. The molecule has 0 N–H and O–H groups in total. The molecule has 0 spiro atoms. The first kappa shape index (κ1) is 18.5. The van der Waals surface area contributed by atoms with Crippen LogP contribution >= 0.6 is 0 Å². The van der Waals surface area contributed by atoms with Gasteiger partial charge in [0.1, 0.15) is 5.82 Å². The van der Waals surface area contributed by atoms with E-state index in [0.29, 0.717) is 26.2 Å². The van der Waals surface area contributed by atoms with Gasteiger partial charge in [-0.2, -0.15) is 4.98 Å². The molecule has 3 heterocycles. The Balaban J connectivity index is 1.30. The summed E-state index contributed by atoms with van der Waals surface area (Å²) in [6, 6.07) is 8.02. The van der Waals surface area contributed by atoms with Crippen molar-refractivity contribution in [3.8, 4) is 5.75 Å². The van der Waals surface area contributed by atoms with Crippen LogP contribution in [-0.2, 0) is 4.79 Å². The number of hydrogen-bond acceptors (Lipinski definition) is 6. The number of aromatic nitrogens is 2. The molecule has 4 rings (SSSR count). The lowest BCUT2D eigenvalue weighted by atomic mass is 10.3. The van der Waals surface area contributed by atoms with Crippen LogP contribution in [-0.4, -0.2) is 66.7 Å². The Hall–Kier alpha value is -2.90. The molecule has 2 fully saturated rings. The van der Waals surface area contributed by atoms with Gasteiger partial charge in [0, 0.05) is 45.5 Å². The number of amides is 1. The number of piperazine rings is 1. The number of para-hydroxylation sites is 1. The first-order valence-electron chi connectivity index (χ1n) is 9.69. The van der Waals surface area contributed by atoms with E-state index in [1.54, 1.807) is 23.2 Å². The number of carbonyl (C=O) groups excluding carboxylic acids is 1. The van der Waals surface area contributed by atoms with Crippen LogP contribution in [0.1, 0.15) is 12.8 Å². The smallest absolute Gasteiger partial charge is 0.260 e. The molecule has 0 bridgehead atoms. The summed E-state index contributed by atoms with van der Waals surface area (Å²) >= 11 is 0. The van der Waals surface area contributed by atoms with Gasteiger partial charge in [0.15, 0.2) is 18.2 Å². The summed E-state index contributed by atoms with van der Waals surface area (Å²) in [6.07, 6.45) is 4.17. The second kappa shape index (κ2) is 8.41. The van der Waals surface area contributed by atoms with Crippen molar-refractivity contribution in [3.05, 3.63) is 42.3 Å². The lowest BCUT2D eigenvalue weighted by Crippen LogP contribution is -2.50. The van der Waals surface area contributed by atoms with Gasteiger partial charge in [-0.1, -0.05) is 12.1 Å². The molecule has 2 saturated heterocycles. The molecule has 0 atom stereocenters. The van der Waals surface area contributed by atoms with Crippen molar-refractivity contribution in [1.29, 1.82) is 0 Å². The van der Waals surface area contributed by atoms with E-state index in [9.17, 15) is 9.18 Å². The average Bonchev–Trinajstić information content (AvgIpc) is 3.28. The quantitative estimate of drug-likeness (QED) is 0.784. The Kier molecular flexibility index (Phi) is 5.55. The number of rotatable bonds is 5. The van der Waals surface area contributed by atoms with Crippen molar-refractivity contribution in [1.82, 2.24) is 14.9 Å². The molecule has 2 aliphatic rings. The zero-order valence-corrected chi connectivity index (χ0v) is 15.8. The van der Waals surface area contributed by atoms with E-state index in [1.807, 2.05) is 6.07 Å². The van der Waals surface area contributed by atoms with E-state index in [-0.39, 0.29) is 18.3 Å². The Bertz CT molecular complexity index is 820. The number of ether oxygens (including phenoxy) is 1. The SMILES string of the molecule is O=C(COc1ccccc1F)N1CCN(c2ccnc(N3CCCC3)n2)CC1. The number of benzene rings is 1. The summed E-state index contributed by atoms with van der Waals surface area (Å²) in [7, 11) is 0. The fourth-order valence-corrected chi connectivity index (χ4v) is 3.56. The topological polar surface area (TPSA) is 61.8 Å². The highest BCUT2D eigenvalue weighted by molar-refractivity contribution is 5.78. The standard InChI is InChI=1S/C20H24FN5O2/c21-16-5-1-2-6-17(16)28-15-19(27)25-13-11-24(12-14-25)18-7-8-22-20(23-18)26-9-3-4-10-26/h1-2,5-8H,3-4,9-15H2. The molecule has 0 unspecified atom stereocenters. The maximum Gasteiger partial charge on any atom is 0.260 e. The predicted octanol–water partition coefficient (Wildman–Crippen LogP) is 1.94. The summed E-state index contributed by atoms with van der Waals surface area (Å²) in [6.45, 7) is 4.42. The van der Waals surface area contributed by atoms with E-state index in [1.165, 1.54) is 25.0 Å². The van der Waals surface area contributed by atoms with Crippen LogP contribution < -0.4 is 14.5 Å². The summed E-state index contributed by atoms with van der Waals surface area (Å²) in [5.74, 6) is 1.18. The molecule has 7 nitrogen and oxygen atoms in total. The van der Waals surface area contributed by atoms with Gasteiger partial charge in [-0.3, -0.25) is 4.79 Å². The third kappa shape index (κ3) is 4.16. The molecule has 0 aliphatic carbocycles. The highest BCUT2D eigenvalue weighted by Gasteiger charge is 2.23. The predicted molar refractivity (Wildman–Crippen MR) is 104 cm³/mol. The van der Waals surface area contributed by atoms with Crippen LogP contribution in [0.15, 0.2) is 36.5 Å². The van der Waals surface area contributed by atoms with Gasteiger partial charge in [0.2, 0.25) is 5.95 Å². The fraction of sp³-hybridized carbons (Fsp3) is 0.450. The molecule has 1 aromatic carbocycles. The number of anilines is 2. The van der Waals surface area contributed by atoms with Gasteiger partial charge in [-0.05, 0) is 31.0 Å². The number of nitrogens with zero attached hydrogens (tertiary/aromatic N) is 5. The normalized spacial score (nSPS) is 17.1. The Morgan fingerprint density at radius 3 is 2.50 bits per heavy atom. The van der Waals surface area contributed by atoms with Crippen molar-refractivity contribution in [2.24, 2.45) is 0 Å². The molecule has 8 heteroatoms. The van der Waals surface area contributed by atoms with E-state index >= 15 is 0 Å². The van der Waals surface area contributed by atoms with E-state index < -0.39 is 5.82 Å². The molecule has 0 radical (unpaired) electrons. The second-order valence-corrected chi connectivity index (χ2v) is 7.00. The van der Waals surface area contributed by atoms with Gasteiger partial charge in [-0.15, -0.1) is 0 Å². The molecule has 28 heavy (non-hydrogen) atoms. The molecule has 148 valence electrons. The minimum absolute atomic E-state index is 0.102. The summed E-state index contributed by atoms with van der Waals surface area (Å²) < 4.78 is 18.9. The lowest BCUT2D eigenvalue weighted by Gasteiger charge is -2.35. The monoisotopic (exact) mass is 385 g/mol. The molecule has 1 aromatic heterocycles. The third-order valence-corrected chi connectivity index (χ3v) is 5.16. The van der Waals surface area contributed by atoms with Gasteiger partial charge in [-0.25, -0.2) is 9.37 Å². The van der Waals surface area contributed by atoms with Crippen LogP contribution in [0, 0.1) is 5.82 Å². The first-order valence-corrected chi connectivity index (χ1v) is 9.69. The Morgan fingerprint density at radius 1 is 1.00 bits per heavy atom. The maximum atomic E-state index is 13.6. The van der Waals surface area contributed by atoms with Gasteiger partial charge in [0.25, 0.3) is 5.91 Å². The molecular formula is C20H24FN5O2. The highest BCUT2D eigenvalue weighted by atomic mass is 19.1. The minimum Gasteiger partial charge on any atom is -0.481 e. The zero-order valence-electron chi connectivity index (χ0n) is 15.8. The zero-order chi connectivity index (χ0) is 19.3. The van der Waals surface area contributed by atoms with Crippen molar-refractivity contribution in [3.63, 3.8) is 0 Å². The van der Waals surface area contributed by atoms with E-state index in [4.69, 9.17) is 9.72 Å². The first-order chi connectivity index (χ1) is 13.7. The molecule has 1 amide bonds. The van der Waals surface area contributed by atoms with E-state index in [2.05, 4.69) is 14.8 Å². The minimum atomic E-state index is -0.460. The highest BCUT2D eigenvalue weighted by Crippen LogP contribution is 2.20. The van der Waals surface area contributed by atoms with Crippen LogP contribution in [0.4, 0.5) is 16.2 Å². The van der Waals surface area contributed by atoms with Crippen molar-refractivity contribution in [2.45, 2.75) is 12.8 Å². The Morgan fingerprint density at radius 2 is 1.75 bits per heavy atom. The van der Waals surface area contributed by atoms with Crippen molar-refractivity contribution in [2.75, 3.05) is 55.7 Å². The van der Waals surface area contributed by atoms with Crippen LogP contribution in [0.2, 0.25) is 0 Å².